The van der Waals surface area contributed by atoms with Gasteiger partial charge in [0, 0.05) is 12.0 Å². The van der Waals surface area contributed by atoms with E-state index in [0.717, 1.165) is 34.8 Å². The fourth-order valence-electron chi connectivity index (χ4n) is 2.25. The minimum absolute atomic E-state index is 0.604. The van der Waals surface area contributed by atoms with E-state index in [2.05, 4.69) is 36.8 Å². The second-order valence-electron chi connectivity index (χ2n) is 4.59. The van der Waals surface area contributed by atoms with Crippen LogP contribution in [-0.4, -0.2) is 17.1 Å². The summed E-state index contributed by atoms with van der Waals surface area (Å²) in [4.78, 5) is 7.63. The summed E-state index contributed by atoms with van der Waals surface area (Å²) >= 11 is 5.23. The molecule has 3 nitrogen and oxygen atoms in total. The quantitative estimate of drug-likeness (QED) is 0.860. The molecule has 0 aliphatic rings. The Hall–Kier alpha value is -1.68. The maximum Gasteiger partial charge on any atom is 0.130 e. The summed E-state index contributed by atoms with van der Waals surface area (Å²) < 4.78 is 6.10. The van der Waals surface area contributed by atoms with Crippen LogP contribution in [0.1, 0.15) is 23.9 Å². The molecule has 0 saturated carbocycles. The lowest BCUT2D eigenvalue weighted by molar-refractivity contribution is 0.415. The third-order valence-electron chi connectivity index (χ3n) is 3.06. The van der Waals surface area contributed by atoms with Crippen molar-refractivity contribution in [2.24, 2.45) is 0 Å². The highest BCUT2D eigenvalue weighted by molar-refractivity contribution is 7.71. The average molecular weight is 274 g/mol. The SMILES string of the molecule is CCc1nc(=S)cc(-c2c(C)cc(C)cc2OC)[nH]1. The first-order valence-corrected chi connectivity index (χ1v) is 6.71. The van der Waals surface area contributed by atoms with Crippen molar-refractivity contribution in [1.82, 2.24) is 9.97 Å². The third kappa shape index (κ3) is 2.84. The van der Waals surface area contributed by atoms with E-state index in [1.807, 2.05) is 12.1 Å². The van der Waals surface area contributed by atoms with Crippen molar-refractivity contribution >= 4 is 12.2 Å². The number of hydrogen-bond acceptors (Lipinski definition) is 3. The van der Waals surface area contributed by atoms with E-state index < -0.39 is 0 Å². The lowest BCUT2D eigenvalue weighted by Crippen LogP contribution is -1.99. The molecule has 0 aliphatic heterocycles. The fraction of sp³-hybridized carbons (Fsp3) is 0.333. The normalized spacial score (nSPS) is 10.5. The van der Waals surface area contributed by atoms with E-state index in [-0.39, 0.29) is 0 Å². The third-order valence-corrected chi connectivity index (χ3v) is 3.27. The van der Waals surface area contributed by atoms with Gasteiger partial charge in [-0.25, -0.2) is 4.98 Å². The van der Waals surface area contributed by atoms with Crippen molar-refractivity contribution in [1.29, 1.82) is 0 Å². The largest absolute Gasteiger partial charge is 0.496 e. The molecule has 0 saturated heterocycles. The van der Waals surface area contributed by atoms with Gasteiger partial charge in [-0.15, -0.1) is 0 Å². The topological polar surface area (TPSA) is 37.9 Å². The summed E-state index contributed by atoms with van der Waals surface area (Å²) in [6.45, 7) is 6.19. The van der Waals surface area contributed by atoms with Crippen molar-refractivity contribution in [3.8, 4) is 17.0 Å². The summed E-state index contributed by atoms with van der Waals surface area (Å²) in [5, 5.41) is 0. The zero-order valence-electron chi connectivity index (χ0n) is 11.7. The van der Waals surface area contributed by atoms with Crippen molar-refractivity contribution < 1.29 is 4.74 Å². The number of ether oxygens (including phenoxy) is 1. The van der Waals surface area contributed by atoms with Crippen LogP contribution in [-0.2, 0) is 6.42 Å². The van der Waals surface area contributed by atoms with Gasteiger partial charge in [-0.1, -0.05) is 25.2 Å². The fourth-order valence-corrected chi connectivity index (χ4v) is 2.47. The number of hydrogen-bond donors (Lipinski definition) is 1. The van der Waals surface area contributed by atoms with Crippen LogP contribution < -0.4 is 4.74 Å². The monoisotopic (exact) mass is 274 g/mol. The second-order valence-corrected chi connectivity index (χ2v) is 5.01. The van der Waals surface area contributed by atoms with Gasteiger partial charge in [-0.3, -0.25) is 0 Å². The van der Waals surface area contributed by atoms with Gasteiger partial charge < -0.3 is 9.72 Å². The molecule has 100 valence electrons. The minimum atomic E-state index is 0.604. The van der Waals surface area contributed by atoms with Crippen LogP contribution in [0.4, 0.5) is 0 Å². The van der Waals surface area contributed by atoms with Crippen molar-refractivity contribution in [3.63, 3.8) is 0 Å². The highest BCUT2D eigenvalue weighted by Crippen LogP contribution is 2.33. The molecule has 0 spiro atoms. The molecule has 19 heavy (non-hydrogen) atoms. The van der Waals surface area contributed by atoms with E-state index >= 15 is 0 Å². The Morgan fingerprint density at radius 3 is 2.63 bits per heavy atom. The number of rotatable bonds is 3. The average Bonchev–Trinajstić information content (AvgIpc) is 2.36. The highest BCUT2D eigenvalue weighted by atomic mass is 32.1. The van der Waals surface area contributed by atoms with Crippen molar-refractivity contribution in [2.45, 2.75) is 27.2 Å². The van der Waals surface area contributed by atoms with Gasteiger partial charge in [-0.05, 0) is 37.1 Å². The number of H-pyrrole nitrogens is 1. The molecule has 2 aromatic rings. The Labute approximate surface area is 118 Å². The lowest BCUT2D eigenvalue weighted by Gasteiger charge is -2.14. The molecule has 1 aromatic carbocycles. The van der Waals surface area contributed by atoms with Crippen LogP contribution in [0.3, 0.4) is 0 Å². The zero-order chi connectivity index (χ0) is 14.0. The van der Waals surface area contributed by atoms with Gasteiger partial charge in [0.25, 0.3) is 0 Å². The molecular weight excluding hydrogens is 256 g/mol. The van der Waals surface area contributed by atoms with Crippen LogP contribution in [0.5, 0.6) is 5.75 Å². The first kappa shape index (κ1) is 13.7. The molecule has 4 heteroatoms. The molecule has 0 fully saturated rings. The smallest absolute Gasteiger partial charge is 0.130 e. The van der Waals surface area contributed by atoms with Crippen LogP contribution in [0.2, 0.25) is 0 Å². The van der Waals surface area contributed by atoms with E-state index in [0.29, 0.717) is 4.64 Å². The molecule has 0 aliphatic carbocycles. The van der Waals surface area contributed by atoms with E-state index in [9.17, 15) is 0 Å². The van der Waals surface area contributed by atoms with Crippen LogP contribution >= 0.6 is 12.2 Å². The maximum absolute atomic E-state index is 5.50. The van der Waals surface area contributed by atoms with Gasteiger partial charge in [-0.2, -0.15) is 0 Å². The summed E-state index contributed by atoms with van der Waals surface area (Å²) in [5.41, 5.74) is 4.36. The number of aromatic nitrogens is 2. The standard InChI is InChI=1S/C15H18N2OS/c1-5-13-16-11(8-14(19)17-13)15-10(3)6-9(2)7-12(15)18-4/h6-8H,5H2,1-4H3,(H,16,17,19). The molecule has 1 heterocycles. The molecule has 2 rings (SSSR count). The molecule has 0 amide bonds. The van der Waals surface area contributed by atoms with E-state index in [1.54, 1.807) is 7.11 Å². The number of aryl methyl sites for hydroxylation is 3. The molecule has 1 N–H and O–H groups in total. The number of nitrogens with one attached hydrogen (secondary N) is 1. The van der Waals surface area contributed by atoms with Crippen LogP contribution in [0, 0.1) is 18.5 Å². The van der Waals surface area contributed by atoms with E-state index in [4.69, 9.17) is 17.0 Å². The highest BCUT2D eigenvalue weighted by Gasteiger charge is 2.11. The Bertz CT molecular complexity index is 662. The van der Waals surface area contributed by atoms with Gasteiger partial charge in [0.15, 0.2) is 0 Å². The summed E-state index contributed by atoms with van der Waals surface area (Å²) in [6.07, 6.45) is 0.824. The molecule has 1 aromatic heterocycles. The predicted octanol–water partition coefficient (Wildman–Crippen LogP) is 3.99. The molecule has 0 atom stereocenters. The van der Waals surface area contributed by atoms with Crippen molar-refractivity contribution in [3.05, 3.63) is 39.8 Å². The van der Waals surface area contributed by atoms with Gasteiger partial charge >= 0.3 is 0 Å². The number of methoxy groups -OCH3 is 1. The second kappa shape index (κ2) is 5.53. The number of aromatic amines is 1. The Morgan fingerprint density at radius 1 is 1.26 bits per heavy atom. The first-order valence-electron chi connectivity index (χ1n) is 6.31. The predicted molar refractivity (Wildman–Crippen MR) is 80.3 cm³/mol. The van der Waals surface area contributed by atoms with E-state index in [1.165, 1.54) is 5.56 Å². The van der Waals surface area contributed by atoms with Gasteiger partial charge in [0.2, 0.25) is 0 Å². The minimum Gasteiger partial charge on any atom is -0.496 e. The lowest BCUT2D eigenvalue weighted by atomic mass is 10.0. The van der Waals surface area contributed by atoms with Gasteiger partial charge in [0.1, 0.15) is 16.2 Å². The van der Waals surface area contributed by atoms with Crippen LogP contribution in [0.15, 0.2) is 18.2 Å². The number of benzene rings is 1. The zero-order valence-corrected chi connectivity index (χ0v) is 12.5. The van der Waals surface area contributed by atoms with Crippen LogP contribution in [0.25, 0.3) is 11.3 Å². The first-order chi connectivity index (χ1) is 9.05. The summed E-state index contributed by atoms with van der Waals surface area (Å²) in [5.74, 6) is 1.75. The summed E-state index contributed by atoms with van der Waals surface area (Å²) in [7, 11) is 1.69. The Kier molecular flexibility index (Phi) is 4.00. The molecule has 0 unspecified atom stereocenters. The maximum atomic E-state index is 5.50. The Morgan fingerprint density at radius 2 is 2.00 bits per heavy atom. The molecule has 0 bridgehead atoms. The number of nitrogens with zero attached hydrogens (tertiary/aromatic N) is 1. The molecular formula is C15H18N2OS. The summed E-state index contributed by atoms with van der Waals surface area (Å²) in [6, 6.07) is 6.06. The van der Waals surface area contributed by atoms with Crippen molar-refractivity contribution in [2.75, 3.05) is 7.11 Å². The molecule has 0 radical (unpaired) electrons. The van der Waals surface area contributed by atoms with Gasteiger partial charge in [0.05, 0.1) is 12.8 Å². The Balaban J connectivity index is 2.71.